The van der Waals surface area contributed by atoms with Gasteiger partial charge in [-0.05, 0) is 31.2 Å². The SMILES string of the molecule is COc1cccc(OC)c1C(=O)Nc1cn(-c2ccccc2)nc1C. The van der Waals surface area contributed by atoms with Crippen LogP contribution in [0.25, 0.3) is 5.69 Å². The van der Waals surface area contributed by atoms with Crippen LogP contribution in [0.5, 0.6) is 11.5 Å². The second-order valence-corrected chi connectivity index (χ2v) is 5.40. The van der Waals surface area contributed by atoms with E-state index in [-0.39, 0.29) is 5.91 Å². The van der Waals surface area contributed by atoms with E-state index < -0.39 is 0 Å². The average molecular weight is 337 g/mol. The molecule has 25 heavy (non-hydrogen) atoms. The zero-order valence-electron chi connectivity index (χ0n) is 14.3. The molecule has 1 aromatic heterocycles. The molecule has 0 radical (unpaired) electrons. The number of aryl methyl sites for hydroxylation is 1. The monoisotopic (exact) mass is 337 g/mol. The van der Waals surface area contributed by atoms with E-state index >= 15 is 0 Å². The van der Waals surface area contributed by atoms with E-state index in [2.05, 4.69) is 10.4 Å². The molecule has 128 valence electrons. The summed E-state index contributed by atoms with van der Waals surface area (Å²) in [5, 5.41) is 7.34. The second-order valence-electron chi connectivity index (χ2n) is 5.40. The zero-order valence-corrected chi connectivity index (χ0v) is 14.3. The quantitative estimate of drug-likeness (QED) is 0.774. The van der Waals surface area contributed by atoms with Gasteiger partial charge in [0.1, 0.15) is 17.1 Å². The molecule has 0 saturated heterocycles. The Bertz CT molecular complexity index is 866. The maximum atomic E-state index is 12.8. The fraction of sp³-hybridized carbons (Fsp3) is 0.158. The van der Waals surface area contributed by atoms with Crippen LogP contribution < -0.4 is 14.8 Å². The number of benzene rings is 2. The molecule has 6 nitrogen and oxygen atoms in total. The first-order chi connectivity index (χ1) is 12.1. The highest BCUT2D eigenvalue weighted by atomic mass is 16.5. The van der Waals surface area contributed by atoms with Crippen LogP contribution >= 0.6 is 0 Å². The summed E-state index contributed by atoms with van der Waals surface area (Å²) in [6.45, 7) is 1.84. The number of amides is 1. The molecule has 0 bridgehead atoms. The Labute approximate surface area is 146 Å². The van der Waals surface area contributed by atoms with Gasteiger partial charge in [-0.3, -0.25) is 4.79 Å². The minimum atomic E-state index is -0.315. The van der Waals surface area contributed by atoms with Crippen molar-refractivity contribution in [3.63, 3.8) is 0 Å². The Hall–Kier alpha value is -3.28. The lowest BCUT2D eigenvalue weighted by Crippen LogP contribution is -2.14. The van der Waals surface area contributed by atoms with Crippen molar-refractivity contribution < 1.29 is 14.3 Å². The molecule has 0 spiro atoms. The van der Waals surface area contributed by atoms with Crippen molar-refractivity contribution in [1.82, 2.24) is 9.78 Å². The molecule has 0 aliphatic carbocycles. The van der Waals surface area contributed by atoms with Crippen LogP contribution in [0.3, 0.4) is 0 Å². The third-order valence-corrected chi connectivity index (χ3v) is 3.82. The van der Waals surface area contributed by atoms with Gasteiger partial charge in [-0.25, -0.2) is 4.68 Å². The van der Waals surface area contributed by atoms with Crippen molar-refractivity contribution in [3.8, 4) is 17.2 Å². The van der Waals surface area contributed by atoms with Crippen LogP contribution in [0.2, 0.25) is 0 Å². The summed E-state index contributed by atoms with van der Waals surface area (Å²) in [7, 11) is 3.04. The van der Waals surface area contributed by atoms with Crippen molar-refractivity contribution in [2.45, 2.75) is 6.92 Å². The molecule has 0 aliphatic rings. The van der Waals surface area contributed by atoms with E-state index in [9.17, 15) is 4.79 Å². The third kappa shape index (κ3) is 3.33. The maximum absolute atomic E-state index is 12.8. The summed E-state index contributed by atoms with van der Waals surface area (Å²) in [5.41, 5.74) is 2.60. The van der Waals surface area contributed by atoms with Crippen molar-refractivity contribution in [2.75, 3.05) is 19.5 Å². The van der Waals surface area contributed by atoms with E-state index in [0.717, 1.165) is 5.69 Å². The highest BCUT2D eigenvalue weighted by Gasteiger charge is 2.20. The Morgan fingerprint density at radius 1 is 1.00 bits per heavy atom. The van der Waals surface area contributed by atoms with Gasteiger partial charge in [0, 0.05) is 0 Å². The van der Waals surface area contributed by atoms with Gasteiger partial charge in [-0.15, -0.1) is 0 Å². The Morgan fingerprint density at radius 2 is 1.64 bits per heavy atom. The molecule has 0 unspecified atom stereocenters. The fourth-order valence-electron chi connectivity index (χ4n) is 2.56. The van der Waals surface area contributed by atoms with Crippen molar-refractivity contribution in [2.24, 2.45) is 0 Å². The summed E-state index contributed by atoms with van der Waals surface area (Å²) in [4.78, 5) is 12.8. The summed E-state index contributed by atoms with van der Waals surface area (Å²) in [6, 6.07) is 14.9. The van der Waals surface area contributed by atoms with E-state index in [1.165, 1.54) is 14.2 Å². The van der Waals surface area contributed by atoms with Gasteiger partial charge in [0.05, 0.1) is 37.5 Å². The molecule has 1 N–H and O–H groups in total. The first-order valence-electron chi connectivity index (χ1n) is 7.78. The predicted molar refractivity (Wildman–Crippen MR) is 95.8 cm³/mol. The highest BCUT2D eigenvalue weighted by molar-refractivity contribution is 6.08. The van der Waals surface area contributed by atoms with Gasteiger partial charge >= 0.3 is 0 Å². The maximum Gasteiger partial charge on any atom is 0.263 e. The molecule has 0 aliphatic heterocycles. The Morgan fingerprint density at radius 3 is 2.24 bits per heavy atom. The van der Waals surface area contributed by atoms with E-state index in [0.29, 0.717) is 28.4 Å². The van der Waals surface area contributed by atoms with Crippen LogP contribution in [0, 0.1) is 6.92 Å². The number of rotatable bonds is 5. The minimum Gasteiger partial charge on any atom is -0.496 e. The van der Waals surface area contributed by atoms with E-state index in [1.807, 2.05) is 37.3 Å². The topological polar surface area (TPSA) is 65.4 Å². The number of para-hydroxylation sites is 1. The summed E-state index contributed by atoms with van der Waals surface area (Å²) in [5.74, 6) is 0.583. The zero-order chi connectivity index (χ0) is 17.8. The van der Waals surface area contributed by atoms with Gasteiger partial charge in [-0.1, -0.05) is 24.3 Å². The van der Waals surface area contributed by atoms with Gasteiger partial charge in [0.2, 0.25) is 0 Å². The third-order valence-electron chi connectivity index (χ3n) is 3.82. The molecular formula is C19H19N3O3. The standard InChI is InChI=1S/C19H19N3O3/c1-13-15(12-22(21-13)14-8-5-4-6-9-14)20-19(23)18-16(24-2)10-7-11-17(18)25-3/h4-12H,1-3H3,(H,20,23). The lowest BCUT2D eigenvalue weighted by atomic mass is 10.1. The summed E-state index contributed by atoms with van der Waals surface area (Å²) in [6.07, 6.45) is 1.78. The summed E-state index contributed by atoms with van der Waals surface area (Å²) >= 11 is 0. The van der Waals surface area contributed by atoms with Crippen LogP contribution in [0.4, 0.5) is 5.69 Å². The second kappa shape index (κ2) is 7.09. The number of anilines is 1. The largest absolute Gasteiger partial charge is 0.496 e. The molecular weight excluding hydrogens is 318 g/mol. The van der Waals surface area contributed by atoms with E-state index in [4.69, 9.17) is 9.47 Å². The van der Waals surface area contributed by atoms with Gasteiger partial charge in [0.25, 0.3) is 5.91 Å². The predicted octanol–water partition coefficient (Wildman–Crippen LogP) is 3.45. The molecule has 0 fully saturated rings. The molecule has 1 heterocycles. The number of hydrogen-bond donors (Lipinski definition) is 1. The molecule has 0 atom stereocenters. The molecule has 3 rings (SSSR count). The van der Waals surface area contributed by atoms with Crippen LogP contribution in [-0.2, 0) is 0 Å². The number of ether oxygens (including phenoxy) is 2. The lowest BCUT2D eigenvalue weighted by molar-refractivity contribution is 0.102. The van der Waals surface area contributed by atoms with Crippen LogP contribution in [0.15, 0.2) is 54.7 Å². The Kier molecular flexibility index (Phi) is 4.70. The Balaban J connectivity index is 1.91. The normalized spacial score (nSPS) is 10.4. The van der Waals surface area contributed by atoms with Crippen molar-refractivity contribution in [1.29, 1.82) is 0 Å². The number of nitrogens with zero attached hydrogens (tertiary/aromatic N) is 2. The number of nitrogens with one attached hydrogen (secondary N) is 1. The van der Waals surface area contributed by atoms with Gasteiger partial charge < -0.3 is 14.8 Å². The number of hydrogen-bond acceptors (Lipinski definition) is 4. The molecule has 2 aromatic carbocycles. The van der Waals surface area contributed by atoms with E-state index in [1.54, 1.807) is 29.1 Å². The molecule has 1 amide bonds. The molecule has 6 heteroatoms. The van der Waals surface area contributed by atoms with Crippen LogP contribution in [0.1, 0.15) is 16.1 Å². The smallest absolute Gasteiger partial charge is 0.263 e. The number of aromatic nitrogens is 2. The van der Waals surface area contributed by atoms with Crippen molar-refractivity contribution in [3.05, 3.63) is 66.0 Å². The van der Waals surface area contributed by atoms with Gasteiger partial charge in [-0.2, -0.15) is 5.10 Å². The highest BCUT2D eigenvalue weighted by Crippen LogP contribution is 2.29. The molecule has 0 saturated carbocycles. The van der Waals surface area contributed by atoms with Gasteiger partial charge in [0.15, 0.2) is 0 Å². The average Bonchev–Trinajstić information content (AvgIpc) is 3.02. The number of methoxy groups -OCH3 is 2. The molecule has 3 aromatic rings. The first-order valence-corrected chi connectivity index (χ1v) is 7.78. The first kappa shape index (κ1) is 16.6. The van der Waals surface area contributed by atoms with Crippen molar-refractivity contribution >= 4 is 11.6 Å². The summed E-state index contributed by atoms with van der Waals surface area (Å²) < 4.78 is 12.3. The van der Waals surface area contributed by atoms with Crippen LogP contribution in [-0.4, -0.2) is 29.9 Å². The fourth-order valence-corrected chi connectivity index (χ4v) is 2.56. The number of carbonyl (C=O) groups is 1. The lowest BCUT2D eigenvalue weighted by Gasteiger charge is -2.12. The number of carbonyl (C=O) groups excluding carboxylic acids is 1. The minimum absolute atomic E-state index is 0.315.